The molecule has 2 aromatic carbocycles. The quantitative estimate of drug-likeness (QED) is 0.173. The summed E-state index contributed by atoms with van der Waals surface area (Å²) in [5.74, 6) is 0.652. The Bertz CT molecular complexity index is 986. The molecule has 34 heavy (non-hydrogen) atoms. The van der Waals surface area contributed by atoms with Crippen molar-refractivity contribution in [2.45, 2.75) is 78.1 Å². The van der Waals surface area contributed by atoms with Crippen LogP contribution in [0.2, 0.25) is 0 Å². The highest BCUT2D eigenvalue weighted by molar-refractivity contribution is 5.87. The van der Waals surface area contributed by atoms with Crippen molar-refractivity contribution in [1.82, 2.24) is 0 Å². The fraction of sp³-hybridized carbons (Fsp3) is 0.452. The molecule has 1 aliphatic rings. The van der Waals surface area contributed by atoms with Gasteiger partial charge in [-0.1, -0.05) is 56.3 Å². The summed E-state index contributed by atoms with van der Waals surface area (Å²) in [7, 11) is 0. The molecule has 0 bridgehead atoms. The van der Waals surface area contributed by atoms with Crippen molar-refractivity contribution in [3.05, 3.63) is 76.9 Å². The molecule has 0 atom stereocenters. The zero-order valence-electron chi connectivity index (χ0n) is 21.0. The normalized spacial score (nSPS) is 12.9. The highest BCUT2D eigenvalue weighted by Crippen LogP contribution is 2.33. The minimum Gasteiger partial charge on any atom is -0.494 e. The zero-order chi connectivity index (χ0) is 24.2. The van der Waals surface area contributed by atoms with Gasteiger partial charge >= 0.3 is 5.97 Å². The number of fused-ring (bicyclic) bond motifs is 1. The minimum absolute atomic E-state index is 0.298. The van der Waals surface area contributed by atoms with Gasteiger partial charge in [0, 0.05) is 5.57 Å². The first kappa shape index (κ1) is 25.8. The van der Waals surface area contributed by atoms with E-state index in [1.54, 1.807) is 6.92 Å². The summed E-state index contributed by atoms with van der Waals surface area (Å²) >= 11 is 0. The third-order valence-electron chi connectivity index (χ3n) is 6.39. The monoisotopic (exact) mass is 460 g/mol. The molecule has 0 fully saturated rings. The van der Waals surface area contributed by atoms with Crippen LogP contribution in [0.25, 0.3) is 11.6 Å². The van der Waals surface area contributed by atoms with Gasteiger partial charge in [0.15, 0.2) is 0 Å². The lowest BCUT2D eigenvalue weighted by Gasteiger charge is -2.12. The number of hydrogen-bond donors (Lipinski definition) is 0. The fourth-order valence-corrected chi connectivity index (χ4v) is 4.42. The summed E-state index contributed by atoms with van der Waals surface area (Å²) in [6.07, 6.45) is 13.4. The van der Waals surface area contributed by atoms with Crippen molar-refractivity contribution in [3.63, 3.8) is 0 Å². The molecule has 0 radical (unpaired) electrons. The number of esters is 1. The van der Waals surface area contributed by atoms with Crippen LogP contribution in [0.15, 0.2) is 54.6 Å². The number of carbonyl (C=O) groups excluding carboxylic acids is 1. The van der Waals surface area contributed by atoms with E-state index in [1.165, 1.54) is 47.1 Å². The molecule has 1 aliphatic carbocycles. The number of ether oxygens (including phenoxy) is 2. The van der Waals surface area contributed by atoms with Crippen molar-refractivity contribution in [2.24, 2.45) is 0 Å². The Labute approximate surface area is 205 Å². The Hall–Kier alpha value is -2.81. The van der Waals surface area contributed by atoms with Crippen molar-refractivity contribution in [1.29, 1.82) is 0 Å². The second kappa shape index (κ2) is 13.8. The van der Waals surface area contributed by atoms with Gasteiger partial charge in [0.05, 0.1) is 13.2 Å². The van der Waals surface area contributed by atoms with Gasteiger partial charge in [-0.15, -0.1) is 0 Å². The summed E-state index contributed by atoms with van der Waals surface area (Å²) < 4.78 is 11.2. The molecule has 0 aromatic heterocycles. The number of allylic oxidation sites excluding steroid dienone is 1. The van der Waals surface area contributed by atoms with E-state index >= 15 is 0 Å². The first-order valence-corrected chi connectivity index (χ1v) is 13.0. The standard InChI is InChI=1S/C31H40O3/c1-4-5-13-26-14-8-9-17-30(26)27-16-12-15-25-18-19-29(23-28(25)22-27)33-20-10-6-7-11-21-34-31(32)24(2)3/h8-9,14,17-19,22-23H,2,4-7,10-13,15-16,20-21H2,1,3H3. The Morgan fingerprint density at radius 3 is 2.56 bits per heavy atom. The van der Waals surface area contributed by atoms with Gasteiger partial charge in [-0.2, -0.15) is 0 Å². The highest BCUT2D eigenvalue weighted by atomic mass is 16.5. The number of rotatable bonds is 13. The lowest BCUT2D eigenvalue weighted by molar-refractivity contribution is -0.139. The third-order valence-corrected chi connectivity index (χ3v) is 6.39. The number of aryl methyl sites for hydroxylation is 2. The SMILES string of the molecule is C=C(C)C(=O)OCCCCCCOc1ccc2c(c1)C=C(c1ccccc1CCCC)CCC2. The predicted molar refractivity (Wildman–Crippen MR) is 142 cm³/mol. The summed E-state index contributed by atoms with van der Waals surface area (Å²) in [4.78, 5) is 11.4. The molecular formula is C31H40O3. The first-order chi connectivity index (χ1) is 16.6. The summed E-state index contributed by atoms with van der Waals surface area (Å²) in [5, 5.41) is 0. The summed E-state index contributed by atoms with van der Waals surface area (Å²) in [6.45, 7) is 8.70. The Kier molecular flexibility index (Phi) is 10.5. The van der Waals surface area contributed by atoms with E-state index in [0.717, 1.165) is 50.7 Å². The second-order valence-corrected chi connectivity index (χ2v) is 9.32. The van der Waals surface area contributed by atoms with Crippen molar-refractivity contribution in [2.75, 3.05) is 13.2 Å². The second-order valence-electron chi connectivity index (χ2n) is 9.32. The number of unbranched alkanes of at least 4 members (excludes halogenated alkanes) is 4. The van der Waals surface area contributed by atoms with Gasteiger partial charge in [0.1, 0.15) is 5.75 Å². The van der Waals surface area contributed by atoms with E-state index in [4.69, 9.17) is 9.47 Å². The maximum atomic E-state index is 11.4. The smallest absolute Gasteiger partial charge is 0.333 e. The van der Waals surface area contributed by atoms with Crippen molar-refractivity contribution >= 4 is 17.6 Å². The summed E-state index contributed by atoms with van der Waals surface area (Å²) in [6, 6.07) is 15.5. The van der Waals surface area contributed by atoms with Gasteiger partial charge < -0.3 is 9.47 Å². The zero-order valence-corrected chi connectivity index (χ0v) is 21.0. The van der Waals surface area contributed by atoms with Crippen LogP contribution in [0.4, 0.5) is 0 Å². The Morgan fingerprint density at radius 2 is 1.76 bits per heavy atom. The Balaban J connectivity index is 1.54. The van der Waals surface area contributed by atoms with E-state index < -0.39 is 0 Å². The molecule has 2 aromatic rings. The maximum Gasteiger partial charge on any atom is 0.333 e. The molecule has 0 aliphatic heterocycles. The number of carbonyl (C=O) groups is 1. The molecule has 0 saturated heterocycles. The number of hydrogen-bond acceptors (Lipinski definition) is 3. The van der Waals surface area contributed by atoms with E-state index in [1.807, 2.05) is 0 Å². The first-order valence-electron chi connectivity index (χ1n) is 13.0. The molecule has 182 valence electrons. The van der Waals surface area contributed by atoms with Gasteiger partial charge in [-0.25, -0.2) is 4.79 Å². The molecule has 0 unspecified atom stereocenters. The topological polar surface area (TPSA) is 35.5 Å². The van der Waals surface area contributed by atoms with E-state index in [0.29, 0.717) is 18.8 Å². The van der Waals surface area contributed by atoms with Crippen molar-refractivity contribution < 1.29 is 14.3 Å². The molecule has 3 nitrogen and oxygen atoms in total. The van der Waals surface area contributed by atoms with E-state index in [-0.39, 0.29) is 5.97 Å². The molecule has 3 heteroatoms. The van der Waals surface area contributed by atoms with Crippen LogP contribution in [0.1, 0.15) is 87.5 Å². The predicted octanol–water partition coefficient (Wildman–Crippen LogP) is 7.96. The molecule has 0 spiro atoms. The molecule has 0 saturated carbocycles. The minimum atomic E-state index is -0.298. The van der Waals surface area contributed by atoms with Gasteiger partial charge in [-0.05, 0) is 105 Å². The largest absolute Gasteiger partial charge is 0.494 e. The molecule has 0 heterocycles. The average Bonchev–Trinajstić information content (AvgIpc) is 3.06. The van der Waals surface area contributed by atoms with Crippen molar-refractivity contribution in [3.8, 4) is 5.75 Å². The molecule has 0 N–H and O–H groups in total. The van der Waals surface area contributed by atoms with Crippen LogP contribution in [0, 0.1) is 0 Å². The molecule has 0 amide bonds. The van der Waals surface area contributed by atoms with Gasteiger partial charge in [0.25, 0.3) is 0 Å². The lowest BCUT2D eigenvalue weighted by Crippen LogP contribution is -2.06. The summed E-state index contributed by atoms with van der Waals surface area (Å²) in [5.41, 5.74) is 7.52. The van der Waals surface area contributed by atoms with Crippen LogP contribution in [-0.2, 0) is 22.4 Å². The van der Waals surface area contributed by atoms with Crippen LogP contribution < -0.4 is 4.74 Å². The third kappa shape index (κ3) is 7.90. The van der Waals surface area contributed by atoms with Gasteiger partial charge in [0.2, 0.25) is 0 Å². The van der Waals surface area contributed by atoms with Crippen LogP contribution in [0.3, 0.4) is 0 Å². The van der Waals surface area contributed by atoms with E-state index in [9.17, 15) is 4.79 Å². The Morgan fingerprint density at radius 1 is 0.971 bits per heavy atom. The van der Waals surface area contributed by atoms with Crippen LogP contribution in [-0.4, -0.2) is 19.2 Å². The van der Waals surface area contributed by atoms with Gasteiger partial charge in [-0.3, -0.25) is 0 Å². The lowest BCUT2D eigenvalue weighted by atomic mass is 9.93. The fourth-order valence-electron chi connectivity index (χ4n) is 4.42. The van der Waals surface area contributed by atoms with Crippen LogP contribution in [0.5, 0.6) is 5.75 Å². The highest BCUT2D eigenvalue weighted by Gasteiger charge is 2.13. The number of benzene rings is 2. The van der Waals surface area contributed by atoms with E-state index in [2.05, 4.69) is 62.0 Å². The average molecular weight is 461 g/mol. The van der Waals surface area contributed by atoms with Crippen LogP contribution >= 0.6 is 0 Å². The molecule has 3 rings (SSSR count). The maximum absolute atomic E-state index is 11.4. The molecular weight excluding hydrogens is 420 g/mol.